The molecular formula is C15H18BrFN2O5. The molecule has 0 spiro atoms. The Hall–Kier alpha value is -2.16. The van der Waals surface area contributed by atoms with Gasteiger partial charge in [0.25, 0.3) is 5.91 Å². The van der Waals surface area contributed by atoms with Crippen LogP contribution in [0, 0.1) is 5.82 Å². The van der Waals surface area contributed by atoms with E-state index in [0.717, 1.165) is 0 Å². The minimum absolute atomic E-state index is 0.141. The van der Waals surface area contributed by atoms with Crippen molar-refractivity contribution in [1.82, 2.24) is 10.6 Å². The molecule has 0 aliphatic rings. The molecule has 1 aromatic rings. The van der Waals surface area contributed by atoms with Crippen LogP contribution >= 0.6 is 15.9 Å². The number of nitrogens with one attached hydrogen (secondary N) is 2. The molecule has 2 N–H and O–H groups in total. The molecule has 1 atom stereocenters. The highest BCUT2D eigenvalue weighted by Crippen LogP contribution is 2.25. The fraction of sp³-hybridized carbons (Fsp3) is 0.400. The Balaban J connectivity index is 2.43. The summed E-state index contributed by atoms with van der Waals surface area (Å²) >= 11 is 3.09. The standard InChI is InChI=1S/C15H18BrFN2O5/c1-8(2)18-15(22)19-14(21)9(3)24-13(20)7-23-12-5-4-10(17)6-11(12)16/h4-6,8-9H,7H2,1-3H3,(H2,18,19,21,22)/t9-/m0/s1. The van der Waals surface area contributed by atoms with Gasteiger partial charge in [0.2, 0.25) is 0 Å². The molecule has 0 unspecified atom stereocenters. The van der Waals surface area contributed by atoms with Crippen molar-refractivity contribution in [3.8, 4) is 5.75 Å². The van der Waals surface area contributed by atoms with Crippen molar-refractivity contribution in [2.45, 2.75) is 32.9 Å². The second kappa shape index (κ2) is 9.21. The van der Waals surface area contributed by atoms with E-state index in [-0.39, 0.29) is 11.8 Å². The molecule has 0 fully saturated rings. The summed E-state index contributed by atoms with van der Waals surface area (Å²) in [4.78, 5) is 34.7. The lowest BCUT2D eigenvalue weighted by molar-refractivity contribution is -0.156. The van der Waals surface area contributed by atoms with Gasteiger partial charge in [0.1, 0.15) is 11.6 Å². The summed E-state index contributed by atoms with van der Waals surface area (Å²) in [7, 11) is 0. The largest absolute Gasteiger partial charge is 0.481 e. The number of amides is 3. The Kier molecular flexibility index (Phi) is 7.63. The summed E-state index contributed by atoms with van der Waals surface area (Å²) in [5.74, 6) is -1.77. The molecule has 1 aromatic carbocycles. The number of hydrogen-bond acceptors (Lipinski definition) is 5. The maximum Gasteiger partial charge on any atom is 0.344 e. The van der Waals surface area contributed by atoms with Gasteiger partial charge in [0, 0.05) is 6.04 Å². The van der Waals surface area contributed by atoms with Gasteiger partial charge in [0.05, 0.1) is 4.47 Å². The first-order valence-corrected chi connectivity index (χ1v) is 7.87. The van der Waals surface area contributed by atoms with Crippen molar-refractivity contribution in [1.29, 1.82) is 0 Å². The van der Waals surface area contributed by atoms with E-state index in [4.69, 9.17) is 9.47 Å². The van der Waals surface area contributed by atoms with E-state index in [0.29, 0.717) is 4.47 Å². The normalized spacial score (nSPS) is 11.6. The number of esters is 1. The lowest BCUT2D eigenvalue weighted by Gasteiger charge is -2.14. The third kappa shape index (κ3) is 6.95. The van der Waals surface area contributed by atoms with E-state index in [1.807, 2.05) is 5.32 Å². The summed E-state index contributed by atoms with van der Waals surface area (Å²) < 4.78 is 23.3. The fourth-order valence-corrected chi connectivity index (χ4v) is 1.99. The molecule has 0 aromatic heterocycles. The number of urea groups is 1. The zero-order valence-corrected chi connectivity index (χ0v) is 15.0. The average Bonchev–Trinajstić information content (AvgIpc) is 2.45. The predicted molar refractivity (Wildman–Crippen MR) is 87.0 cm³/mol. The molecule has 0 saturated carbocycles. The van der Waals surface area contributed by atoms with Crippen molar-refractivity contribution >= 4 is 33.8 Å². The van der Waals surface area contributed by atoms with E-state index in [2.05, 4.69) is 21.2 Å². The van der Waals surface area contributed by atoms with E-state index in [9.17, 15) is 18.8 Å². The van der Waals surface area contributed by atoms with Crippen molar-refractivity contribution in [2.75, 3.05) is 6.61 Å². The number of carbonyl (C=O) groups excluding carboxylic acids is 3. The van der Waals surface area contributed by atoms with E-state index in [1.165, 1.54) is 25.1 Å². The quantitative estimate of drug-likeness (QED) is 0.708. The average molecular weight is 405 g/mol. The first-order valence-electron chi connectivity index (χ1n) is 7.07. The molecule has 0 radical (unpaired) electrons. The van der Waals surface area contributed by atoms with Crippen LogP contribution in [0.5, 0.6) is 5.75 Å². The van der Waals surface area contributed by atoms with E-state index >= 15 is 0 Å². The van der Waals surface area contributed by atoms with Gasteiger partial charge in [-0.05, 0) is 54.9 Å². The number of carbonyl (C=O) groups is 3. The number of halogens is 2. The van der Waals surface area contributed by atoms with Crippen LogP contribution in [0.15, 0.2) is 22.7 Å². The van der Waals surface area contributed by atoms with Gasteiger partial charge in [-0.1, -0.05) is 0 Å². The van der Waals surface area contributed by atoms with Crippen molar-refractivity contribution in [2.24, 2.45) is 0 Å². The first kappa shape index (κ1) is 19.9. The van der Waals surface area contributed by atoms with Crippen molar-refractivity contribution in [3.05, 3.63) is 28.5 Å². The number of ether oxygens (including phenoxy) is 2. The van der Waals surface area contributed by atoms with E-state index < -0.39 is 36.4 Å². The van der Waals surface area contributed by atoms with Gasteiger partial charge in [0.15, 0.2) is 12.7 Å². The molecule has 0 bridgehead atoms. The van der Waals surface area contributed by atoms with Crippen LogP contribution in [-0.2, 0) is 14.3 Å². The van der Waals surface area contributed by atoms with Crippen LogP contribution in [-0.4, -0.2) is 36.7 Å². The monoisotopic (exact) mass is 404 g/mol. The molecule has 1 rings (SSSR count). The third-order valence-corrected chi connectivity index (χ3v) is 3.19. The van der Waals surface area contributed by atoms with Crippen LogP contribution in [0.25, 0.3) is 0 Å². The lowest BCUT2D eigenvalue weighted by Crippen LogP contribution is -2.46. The molecule has 3 amide bonds. The second-order valence-corrected chi connectivity index (χ2v) is 5.97. The molecule has 132 valence electrons. The summed E-state index contributed by atoms with van der Waals surface area (Å²) in [6.45, 7) is 4.32. The maximum atomic E-state index is 12.9. The molecule has 0 heterocycles. The minimum atomic E-state index is -1.17. The van der Waals surface area contributed by atoms with Gasteiger partial charge in [-0.25, -0.2) is 14.0 Å². The first-order chi connectivity index (χ1) is 11.2. The number of hydrogen-bond donors (Lipinski definition) is 2. The van der Waals surface area contributed by atoms with Crippen LogP contribution in [0.3, 0.4) is 0 Å². The molecule has 0 aliphatic heterocycles. The summed E-state index contributed by atoms with van der Waals surface area (Å²) in [6, 6.07) is 2.89. The Morgan fingerprint density at radius 1 is 1.25 bits per heavy atom. The van der Waals surface area contributed by atoms with Crippen molar-refractivity contribution < 1.29 is 28.2 Å². The Morgan fingerprint density at radius 3 is 2.50 bits per heavy atom. The van der Waals surface area contributed by atoms with Crippen LogP contribution < -0.4 is 15.4 Å². The lowest BCUT2D eigenvalue weighted by atomic mass is 10.3. The van der Waals surface area contributed by atoms with Crippen LogP contribution in [0.2, 0.25) is 0 Å². The van der Waals surface area contributed by atoms with Gasteiger partial charge in [-0.3, -0.25) is 10.1 Å². The minimum Gasteiger partial charge on any atom is -0.481 e. The Bertz CT molecular complexity index is 624. The number of rotatable bonds is 6. The fourth-order valence-electron chi connectivity index (χ4n) is 1.53. The van der Waals surface area contributed by atoms with E-state index in [1.54, 1.807) is 13.8 Å². The zero-order chi connectivity index (χ0) is 18.3. The van der Waals surface area contributed by atoms with Crippen LogP contribution in [0.1, 0.15) is 20.8 Å². The van der Waals surface area contributed by atoms with Gasteiger partial charge in [-0.2, -0.15) is 0 Å². The van der Waals surface area contributed by atoms with Gasteiger partial charge >= 0.3 is 12.0 Å². The highest BCUT2D eigenvalue weighted by molar-refractivity contribution is 9.10. The SMILES string of the molecule is CC(C)NC(=O)NC(=O)[C@H](C)OC(=O)COc1ccc(F)cc1Br. The smallest absolute Gasteiger partial charge is 0.344 e. The molecule has 7 nitrogen and oxygen atoms in total. The van der Waals surface area contributed by atoms with Gasteiger partial charge in [-0.15, -0.1) is 0 Å². The third-order valence-electron chi connectivity index (χ3n) is 2.57. The zero-order valence-electron chi connectivity index (χ0n) is 13.4. The molecule has 9 heteroatoms. The maximum absolute atomic E-state index is 12.9. The number of imide groups is 1. The molecular weight excluding hydrogens is 387 g/mol. The Labute approximate surface area is 147 Å². The summed E-state index contributed by atoms with van der Waals surface area (Å²) in [6.07, 6.45) is -1.17. The highest BCUT2D eigenvalue weighted by Gasteiger charge is 2.20. The summed E-state index contributed by atoms with van der Waals surface area (Å²) in [5.41, 5.74) is 0. The molecule has 24 heavy (non-hydrogen) atoms. The molecule has 0 aliphatic carbocycles. The van der Waals surface area contributed by atoms with Crippen molar-refractivity contribution in [3.63, 3.8) is 0 Å². The van der Waals surface area contributed by atoms with Gasteiger partial charge < -0.3 is 14.8 Å². The second-order valence-electron chi connectivity index (χ2n) is 5.11. The summed E-state index contributed by atoms with van der Waals surface area (Å²) in [5, 5.41) is 4.52. The highest BCUT2D eigenvalue weighted by atomic mass is 79.9. The number of benzene rings is 1. The Morgan fingerprint density at radius 2 is 1.92 bits per heavy atom. The topological polar surface area (TPSA) is 93.7 Å². The predicted octanol–water partition coefficient (Wildman–Crippen LogP) is 2.13. The van der Waals surface area contributed by atoms with Crippen LogP contribution in [0.4, 0.5) is 9.18 Å². The molecule has 0 saturated heterocycles.